The summed E-state index contributed by atoms with van der Waals surface area (Å²) < 4.78 is 0. The number of aromatic amines is 1. The molecular weight excluding hydrogens is 436 g/mol. The third kappa shape index (κ3) is 8.87. The van der Waals surface area contributed by atoms with Crippen LogP contribution in [0, 0.1) is 5.92 Å². The number of hydrogen-bond donors (Lipinski definition) is 6. The summed E-state index contributed by atoms with van der Waals surface area (Å²) in [6.07, 6.45) is 5.99. The van der Waals surface area contributed by atoms with Crippen LogP contribution >= 0.6 is 11.8 Å². The lowest BCUT2D eigenvalue weighted by Gasteiger charge is -2.26. The number of carbonyl (C=O) groups excluding carboxylic acids is 3. The van der Waals surface area contributed by atoms with E-state index in [0.717, 1.165) is 0 Å². The van der Waals surface area contributed by atoms with Crippen molar-refractivity contribution in [2.45, 2.75) is 64.2 Å². The van der Waals surface area contributed by atoms with E-state index >= 15 is 0 Å². The van der Waals surface area contributed by atoms with Crippen LogP contribution in [0.15, 0.2) is 12.5 Å². The first-order valence-electron chi connectivity index (χ1n) is 10.5. The van der Waals surface area contributed by atoms with Gasteiger partial charge in [0.1, 0.15) is 18.1 Å². The van der Waals surface area contributed by atoms with E-state index in [1.54, 1.807) is 13.1 Å². The summed E-state index contributed by atoms with van der Waals surface area (Å²) >= 11 is 1.47. The number of rotatable bonds is 14. The first kappa shape index (κ1) is 27.4. The molecule has 11 nitrogen and oxygen atoms in total. The standard InChI is InChI=1S/C20H34N6O5S/c1-5-11(2)16(26-18(28)14(21)8-13-9-22-10-23-13)19(29)24-12(3)17(27)25-15(20(30)31)6-7-32-4/h9-12,14-16H,5-8,21H2,1-4H3,(H,22,23)(H,24,29)(H,25,27)(H,26,28)(H,30,31). The Morgan fingerprint density at radius 1 is 1.16 bits per heavy atom. The van der Waals surface area contributed by atoms with Crippen molar-refractivity contribution in [3.05, 3.63) is 18.2 Å². The van der Waals surface area contributed by atoms with Gasteiger partial charge in [0.25, 0.3) is 0 Å². The largest absolute Gasteiger partial charge is 0.480 e. The molecule has 3 amide bonds. The Hall–Kier alpha value is -2.60. The number of hydrogen-bond acceptors (Lipinski definition) is 7. The molecule has 0 saturated carbocycles. The molecule has 1 aromatic rings. The highest BCUT2D eigenvalue weighted by molar-refractivity contribution is 7.98. The molecule has 0 fully saturated rings. The molecule has 0 radical (unpaired) electrons. The number of H-pyrrole nitrogens is 1. The van der Waals surface area contributed by atoms with Crippen molar-refractivity contribution >= 4 is 35.5 Å². The van der Waals surface area contributed by atoms with Crippen LogP contribution in [0.1, 0.15) is 39.3 Å². The first-order valence-corrected chi connectivity index (χ1v) is 11.9. The molecule has 0 saturated heterocycles. The van der Waals surface area contributed by atoms with E-state index in [2.05, 4.69) is 25.9 Å². The number of aromatic nitrogens is 2. The number of nitrogens with two attached hydrogens (primary N) is 1. The fourth-order valence-corrected chi connectivity index (χ4v) is 3.32. The molecule has 0 spiro atoms. The van der Waals surface area contributed by atoms with Gasteiger partial charge in [-0.15, -0.1) is 0 Å². The van der Waals surface area contributed by atoms with E-state index in [9.17, 15) is 24.3 Å². The molecule has 0 bridgehead atoms. The molecule has 5 unspecified atom stereocenters. The van der Waals surface area contributed by atoms with Gasteiger partial charge in [0.15, 0.2) is 0 Å². The van der Waals surface area contributed by atoms with Gasteiger partial charge in [0.05, 0.1) is 12.4 Å². The van der Waals surface area contributed by atoms with Crippen LogP contribution in [-0.2, 0) is 25.6 Å². The Morgan fingerprint density at radius 2 is 1.84 bits per heavy atom. The zero-order chi connectivity index (χ0) is 24.3. The second kappa shape index (κ2) is 13.7. The second-order valence-corrected chi connectivity index (χ2v) is 8.66. The third-order valence-electron chi connectivity index (χ3n) is 5.10. The molecule has 12 heteroatoms. The fourth-order valence-electron chi connectivity index (χ4n) is 2.85. The second-order valence-electron chi connectivity index (χ2n) is 7.67. The SMILES string of the molecule is CCC(C)C(NC(=O)C(N)Cc1cnc[nH]1)C(=O)NC(C)C(=O)NC(CCSC)C(=O)O. The van der Waals surface area contributed by atoms with Gasteiger partial charge in [-0.05, 0) is 31.3 Å². The number of aliphatic carboxylic acids is 1. The average Bonchev–Trinajstić information content (AvgIpc) is 3.26. The Bertz CT molecular complexity index is 760. The topological polar surface area (TPSA) is 179 Å². The molecule has 1 rings (SSSR count). The van der Waals surface area contributed by atoms with Crippen molar-refractivity contribution in [3.63, 3.8) is 0 Å². The number of imidazole rings is 1. The summed E-state index contributed by atoms with van der Waals surface area (Å²) in [6, 6.07) is -3.81. The lowest BCUT2D eigenvalue weighted by atomic mass is 9.97. The number of carboxylic acid groups (broad SMARTS) is 1. The highest BCUT2D eigenvalue weighted by Crippen LogP contribution is 2.09. The van der Waals surface area contributed by atoms with E-state index in [-0.39, 0.29) is 18.8 Å². The number of carboxylic acids is 1. The van der Waals surface area contributed by atoms with Crippen molar-refractivity contribution in [2.24, 2.45) is 11.7 Å². The first-order chi connectivity index (χ1) is 15.1. The van der Waals surface area contributed by atoms with Crippen LogP contribution < -0.4 is 21.7 Å². The number of nitrogens with zero attached hydrogens (tertiary/aromatic N) is 1. The third-order valence-corrected chi connectivity index (χ3v) is 5.75. The summed E-state index contributed by atoms with van der Waals surface area (Å²) in [6.45, 7) is 5.14. The van der Waals surface area contributed by atoms with E-state index < -0.39 is 47.9 Å². The minimum absolute atomic E-state index is 0.220. The summed E-state index contributed by atoms with van der Waals surface area (Å²) in [4.78, 5) is 55.9. The highest BCUT2D eigenvalue weighted by Gasteiger charge is 2.31. The zero-order valence-electron chi connectivity index (χ0n) is 18.9. The van der Waals surface area contributed by atoms with Crippen molar-refractivity contribution in [2.75, 3.05) is 12.0 Å². The lowest BCUT2D eigenvalue weighted by molar-refractivity contribution is -0.142. The van der Waals surface area contributed by atoms with E-state index in [1.807, 2.05) is 13.2 Å². The molecule has 32 heavy (non-hydrogen) atoms. The van der Waals surface area contributed by atoms with Gasteiger partial charge in [-0.3, -0.25) is 14.4 Å². The smallest absolute Gasteiger partial charge is 0.326 e. The summed E-state index contributed by atoms with van der Waals surface area (Å²) in [5, 5.41) is 16.9. The van der Waals surface area contributed by atoms with Crippen LogP contribution in [0.3, 0.4) is 0 Å². The maximum atomic E-state index is 12.8. The van der Waals surface area contributed by atoms with Crippen LogP contribution in [0.4, 0.5) is 0 Å². The molecule has 1 aromatic heterocycles. The zero-order valence-corrected chi connectivity index (χ0v) is 19.7. The molecule has 0 aromatic carbocycles. The lowest BCUT2D eigenvalue weighted by Crippen LogP contribution is -2.58. The number of thioether (sulfide) groups is 1. The van der Waals surface area contributed by atoms with Gasteiger partial charge in [-0.2, -0.15) is 11.8 Å². The van der Waals surface area contributed by atoms with E-state index in [4.69, 9.17) is 5.73 Å². The van der Waals surface area contributed by atoms with Crippen LogP contribution in [-0.4, -0.2) is 74.9 Å². The van der Waals surface area contributed by atoms with Crippen LogP contribution in [0.5, 0.6) is 0 Å². The molecule has 0 aliphatic rings. The Morgan fingerprint density at radius 3 is 2.38 bits per heavy atom. The number of nitrogens with one attached hydrogen (secondary N) is 4. The van der Waals surface area contributed by atoms with Gasteiger partial charge >= 0.3 is 5.97 Å². The van der Waals surface area contributed by atoms with Crippen LogP contribution in [0.25, 0.3) is 0 Å². The number of carbonyl (C=O) groups is 4. The van der Waals surface area contributed by atoms with Gasteiger partial charge in [-0.25, -0.2) is 9.78 Å². The predicted octanol–water partition coefficient (Wildman–Crippen LogP) is -0.362. The van der Waals surface area contributed by atoms with Gasteiger partial charge in [0.2, 0.25) is 17.7 Å². The van der Waals surface area contributed by atoms with Gasteiger partial charge < -0.3 is 31.8 Å². The monoisotopic (exact) mass is 470 g/mol. The Kier molecular flexibility index (Phi) is 11.8. The molecule has 7 N–H and O–H groups in total. The van der Waals surface area contributed by atoms with E-state index in [0.29, 0.717) is 17.9 Å². The Balaban J connectivity index is 2.74. The molecule has 180 valence electrons. The average molecular weight is 471 g/mol. The highest BCUT2D eigenvalue weighted by atomic mass is 32.2. The molecular formula is C20H34N6O5S. The molecule has 5 atom stereocenters. The fraction of sp³-hybridized carbons (Fsp3) is 0.650. The van der Waals surface area contributed by atoms with Crippen molar-refractivity contribution < 1.29 is 24.3 Å². The minimum atomic E-state index is -1.14. The molecule has 0 aliphatic heterocycles. The summed E-state index contributed by atoms with van der Waals surface area (Å²) in [5.74, 6) is -2.44. The maximum Gasteiger partial charge on any atom is 0.326 e. The Labute approximate surface area is 192 Å². The van der Waals surface area contributed by atoms with Crippen LogP contribution in [0.2, 0.25) is 0 Å². The molecule has 0 aliphatic carbocycles. The predicted molar refractivity (Wildman–Crippen MR) is 122 cm³/mol. The molecule has 1 heterocycles. The van der Waals surface area contributed by atoms with Gasteiger partial charge in [0, 0.05) is 18.3 Å². The van der Waals surface area contributed by atoms with Crippen molar-refractivity contribution in [1.29, 1.82) is 0 Å². The normalized spacial score (nSPS) is 15.7. The summed E-state index contributed by atoms with van der Waals surface area (Å²) in [5.41, 5.74) is 6.65. The summed E-state index contributed by atoms with van der Waals surface area (Å²) in [7, 11) is 0. The van der Waals surface area contributed by atoms with Crippen molar-refractivity contribution in [3.8, 4) is 0 Å². The van der Waals surface area contributed by atoms with Gasteiger partial charge in [-0.1, -0.05) is 20.3 Å². The van der Waals surface area contributed by atoms with Crippen molar-refractivity contribution in [1.82, 2.24) is 25.9 Å². The van der Waals surface area contributed by atoms with E-state index in [1.165, 1.54) is 25.0 Å². The number of amides is 3. The minimum Gasteiger partial charge on any atom is -0.480 e. The maximum absolute atomic E-state index is 12.8. The quantitative estimate of drug-likeness (QED) is 0.213.